The molecular formula is C26H34FN3O2. The van der Waals surface area contributed by atoms with Crippen molar-refractivity contribution in [3.8, 4) is 0 Å². The number of hydrogen-bond acceptors (Lipinski definition) is 3. The second-order valence-electron chi connectivity index (χ2n) is 9.16. The summed E-state index contributed by atoms with van der Waals surface area (Å²) in [4.78, 5) is 32.3. The molecule has 0 spiro atoms. The third-order valence-electron chi connectivity index (χ3n) is 5.94. The lowest BCUT2D eigenvalue weighted by Crippen LogP contribution is -2.47. The SMILES string of the molecule is Cc1cc(C)cc(C(=O)N2CCCC(C(=O)N(CCN(C)C)Cc3ccc(F)cc3)C2)c1. The quantitative estimate of drug-likeness (QED) is 0.658. The van der Waals surface area contributed by atoms with Crippen LogP contribution in [0, 0.1) is 25.6 Å². The molecule has 2 aromatic carbocycles. The minimum atomic E-state index is -0.285. The van der Waals surface area contributed by atoms with Gasteiger partial charge in [-0.15, -0.1) is 0 Å². The third kappa shape index (κ3) is 6.39. The number of likely N-dealkylation sites (N-methyl/N-ethyl adjacent to an activating group) is 1. The highest BCUT2D eigenvalue weighted by molar-refractivity contribution is 5.95. The predicted molar refractivity (Wildman–Crippen MR) is 125 cm³/mol. The number of likely N-dealkylation sites (tertiary alicyclic amines) is 1. The number of amides is 2. The Labute approximate surface area is 190 Å². The van der Waals surface area contributed by atoms with E-state index in [1.54, 1.807) is 12.1 Å². The molecule has 1 fully saturated rings. The first-order chi connectivity index (χ1) is 15.2. The first kappa shape index (κ1) is 23.9. The third-order valence-corrected chi connectivity index (χ3v) is 5.94. The minimum Gasteiger partial charge on any atom is -0.338 e. The van der Waals surface area contributed by atoms with Crippen LogP contribution in [-0.2, 0) is 11.3 Å². The van der Waals surface area contributed by atoms with E-state index in [0.29, 0.717) is 31.7 Å². The molecule has 32 heavy (non-hydrogen) atoms. The number of carbonyl (C=O) groups is 2. The van der Waals surface area contributed by atoms with Crippen molar-refractivity contribution < 1.29 is 14.0 Å². The van der Waals surface area contributed by atoms with Crippen LogP contribution in [0.3, 0.4) is 0 Å². The molecular weight excluding hydrogens is 405 g/mol. The maximum Gasteiger partial charge on any atom is 0.253 e. The second kappa shape index (κ2) is 10.7. The van der Waals surface area contributed by atoms with Gasteiger partial charge in [0.2, 0.25) is 5.91 Å². The zero-order valence-electron chi connectivity index (χ0n) is 19.6. The summed E-state index contributed by atoms with van der Waals surface area (Å²) in [5, 5.41) is 0. The van der Waals surface area contributed by atoms with Crippen LogP contribution in [0.5, 0.6) is 0 Å². The number of aryl methyl sites for hydroxylation is 2. The van der Waals surface area contributed by atoms with Gasteiger partial charge in [-0.3, -0.25) is 9.59 Å². The van der Waals surface area contributed by atoms with Gasteiger partial charge >= 0.3 is 0 Å². The molecule has 1 unspecified atom stereocenters. The number of piperidine rings is 1. The van der Waals surface area contributed by atoms with Gasteiger partial charge < -0.3 is 14.7 Å². The number of halogens is 1. The van der Waals surface area contributed by atoms with E-state index < -0.39 is 0 Å². The molecule has 6 heteroatoms. The summed E-state index contributed by atoms with van der Waals surface area (Å²) in [7, 11) is 3.96. The molecule has 1 aliphatic heterocycles. The lowest BCUT2D eigenvalue weighted by Gasteiger charge is -2.35. The minimum absolute atomic E-state index is 0.00678. The molecule has 1 heterocycles. The zero-order chi connectivity index (χ0) is 23.3. The van der Waals surface area contributed by atoms with Crippen LogP contribution in [0.25, 0.3) is 0 Å². The van der Waals surface area contributed by atoms with Gasteiger partial charge in [-0.1, -0.05) is 29.3 Å². The summed E-state index contributed by atoms with van der Waals surface area (Å²) in [6, 6.07) is 12.2. The van der Waals surface area contributed by atoms with Crippen molar-refractivity contribution in [2.75, 3.05) is 40.3 Å². The summed E-state index contributed by atoms with van der Waals surface area (Å²) in [6.07, 6.45) is 1.59. The van der Waals surface area contributed by atoms with Crippen molar-refractivity contribution in [2.45, 2.75) is 33.2 Å². The average molecular weight is 440 g/mol. The Balaban J connectivity index is 1.73. The smallest absolute Gasteiger partial charge is 0.253 e. The van der Waals surface area contributed by atoms with Crippen molar-refractivity contribution in [3.63, 3.8) is 0 Å². The van der Waals surface area contributed by atoms with Gasteiger partial charge in [-0.25, -0.2) is 4.39 Å². The highest BCUT2D eigenvalue weighted by atomic mass is 19.1. The number of carbonyl (C=O) groups excluding carboxylic acids is 2. The van der Waals surface area contributed by atoms with Crippen LogP contribution in [0.15, 0.2) is 42.5 Å². The predicted octanol–water partition coefficient (Wildman–Crippen LogP) is 3.89. The van der Waals surface area contributed by atoms with Gasteiger partial charge in [-0.05, 0) is 70.6 Å². The van der Waals surface area contributed by atoms with Gasteiger partial charge in [0.1, 0.15) is 5.82 Å². The molecule has 0 radical (unpaired) electrons. The zero-order valence-corrected chi connectivity index (χ0v) is 19.6. The normalized spacial score (nSPS) is 16.3. The highest BCUT2D eigenvalue weighted by Crippen LogP contribution is 2.22. The first-order valence-corrected chi connectivity index (χ1v) is 11.3. The van der Waals surface area contributed by atoms with E-state index in [9.17, 15) is 14.0 Å². The molecule has 1 saturated heterocycles. The summed E-state index contributed by atoms with van der Waals surface area (Å²) in [5.41, 5.74) is 3.71. The van der Waals surface area contributed by atoms with Crippen LogP contribution in [0.4, 0.5) is 4.39 Å². The van der Waals surface area contributed by atoms with E-state index in [1.165, 1.54) is 12.1 Å². The molecule has 3 rings (SSSR count). The van der Waals surface area contributed by atoms with Crippen LogP contribution >= 0.6 is 0 Å². The lowest BCUT2D eigenvalue weighted by molar-refractivity contribution is -0.137. The molecule has 0 aliphatic carbocycles. The summed E-state index contributed by atoms with van der Waals surface area (Å²) in [6.45, 7) is 6.86. The fourth-order valence-electron chi connectivity index (χ4n) is 4.30. The Morgan fingerprint density at radius 3 is 2.31 bits per heavy atom. The maximum absolute atomic E-state index is 13.5. The van der Waals surface area contributed by atoms with E-state index >= 15 is 0 Å². The monoisotopic (exact) mass is 439 g/mol. The van der Waals surface area contributed by atoms with Crippen molar-refractivity contribution in [1.29, 1.82) is 0 Å². The fraction of sp³-hybridized carbons (Fsp3) is 0.462. The summed E-state index contributed by atoms with van der Waals surface area (Å²) >= 11 is 0. The number of hydrogen-bond donors (Lipinski definition) is 0. The fourth-order valence-corrected chi connectivity index (χ4v) is 4.30. The lowest BCUT2D eigenvalue weighted by atomic mass is 9.95. The van der Waals surface area contributed by atoms with Gasteiger partial charge in [0.05, 0.1) is 5.92 Å². The van der Waals surface area contributed by atoms with Crippen molar-refractivity contribution in [2.24, 2.45) is 5.92 Å². The number of benzene rings is 2. The first-order valence-electron chi connectivity index (χ1n) is 11.3. The molecule has 0 bridgehead atoms. The Hall–Kier alpha value is -2.73. The molecule has 2 aromatic rings. The Morgan fingerprint density at radius 2 is 1.69 bits per heavy atom. The Bertz CT molecular complexity index is 922. The molecule has 1 atom stereocenters. The van der Waals surface area contributed by atoms with E-state index in [2.05, 4.69) is 6.07 Å². The van der Waals surface area contributed by atoms with Crippen molar-refractivity contribution in [1.82, 2.24) is 14.7 Å². The Kier molecular flexibility index (Phi) is 8.02. The second-order valence-corrected chi connectivity index (χ2v) is 9.16. The van der Waals surface area contributed by atoms with Crippen LogP contribution in [0.2, 0.25) is 0 Å². The van der Waals surface area contributed by atoms with E-state index in [4.69, 9.17) is 0 Å². The Morgan fingerprint density at radius 1 is 1.03 bits per heavy atom. The van der Waals surface area contributed by atoms with E-state index in [1.807, 2.05) is 54.8 Å². The van der Waals surface area contributed by atoms with Crippen LogP contribution in [-0.4, -0.2) is 66.8 Å². The summed E-state index contributed by atoms with van der Waals surface area (Å²) < 4.78 is 13.3. The largest absolute Gasteiger partial charge is 0.338 e. The van der Waals surface area contributed by atoms with Gasteiger partial charge in [-0.2, -0.15) is 0 Å². The molecule has 0 N–H and O–H groups in total. The average Bonchev–Trinajstić information content (AvgIpc) is 2.76. The standard InChI is InChI=1S/C26H34FN3O2/c1-19-14-20(2)16-23(15-19)26(32)29-11-5-6-22(18-29)25(31)30(13-12-28(3)4)17-21-7-9-24(27)10-8-21/h7-10,14-16,22H,5-6,11-13,17-18H2,1-4H3. The molecule has 0 saturated carbocycles. The number of nitrogens with zero attached hydrogens (tertiary/aromatic N) is 3. The summed E-state index contributed by atoms with van der Waals surface area (Å²) in [5.74, 6) is -0.448. The molecule has 1 aliphatic rings. The van der Waals surface area contributed by atoms with Crippen molar-refractivity contribution >= 4 is 11.8 Å². The highest BCUT2D eigenvalue weighted by Gasteiger charge is 2.31. The topological polar surface area (TPSA) is 43.9 Å². The van der Waals surface area contributed by atoms with E-state index in [0.717, 1.165) is 36.1 Å². The maximum atomic E-state index is 13.5. The van der Waals surface area contributed by atoms with Gasteiger partial charge in [0, 0.05) is 38.3 Å². The molecule has 0 aromatic heterocycles. The van der Waals surface area contributed by atoms with Gasteiger partial charge in [0.15, 0.2) is 0 Å². The van der Waals surface area contributed by atoms with Crippen LogP contribution < -0.4 is 0 Å². The van der Waals surface area contributed by atoms with E-state index in [-0.39, 0.29) is 23.5 Å². The number of rotatable bonds is 7. The van der Waals surface area contributed by atoms with Gasteiger partial charge in [0.25, 0.3) is 5.91 Å². The molecule has 172 valence electrons. The van der Waals surface area contributed by atoms with Crippen molar-refractivity contribution in [3.05, 3.63) is 70.5 Å². The molecule has 5 nitrogen and oxygen atoms in total. The molecule has 2 amide bonds. The van der Waals surface area contributed by atoms with Crippen LogP contribution in [0.1, 0.15) is 39.9 Å².